The Bertz CT molecular complexity index is 917. The predicted molar refractivity (Wildman–Crippen MR) is 91.8 cm³/mol. The van der Waals surface area contributed by atoms with Gasteiger partial charge in [0, 0.05) is 30.4 Å². The number of likely N-dealkylation sites (tertiary alicyclic amines) is 1. The second-order valence-electron chi connectivity index (χ2n) is 7.04. The Morgan fingerprint density at radius 2 is 1.85 bits per heavy atom. The molecule has 2 aromatic rings. The lowest BCUT2D eigenvalue weighted by Gasteiger charge is -2.29. The Kier molecular flexibility index (Phi) is 4.41. The van der Waals surface area contributed by atoms with Gasteiger partial charge in [0.25, 0.3) is 5.91 Å². The van der Waals surface area contributed by atoms with Gasteiger partial charge in [-0.1, -0.05) is 0 Å². The molecule has 1 amide bonds. The van der Waals surface area contributed by atoms with Gasteiger partial charge in [0.2, 0.25) is 0 Å². The second kappa shape index (κ2) is 6.75. The number of rotatable bonds is 3. The summed E-state index contributed by atoms with van der Waals surface area (Å²) in [7, 11) is 0. The van der Waals surface area contributed by atoms with E-state index in [1.54, 1.807) is 4.90 Å². The van der Waals surface area contributed by atoms with Crippen molar-refractivity contribution >= 4 is 11.9 Å². The van der Waals surface area contributed by atoms with Gasteiger partial charge in [-0.15, -0.1) is 0 Å². The number of carbonyl (C=O) groups excluding carboxylic acids is 1. The fourth-order valence-electron chi connectivity index (χ4n) is 3.92. The zero-order valence-electron chi connectivity index (χ0n) is 14.6. The summed E-state index contributed by atoms with van der Waals surface area (Å²) in [6, 6.07) is 3.57. The van der Waals surface area contributed by atoms with Crippen molar-refractivity contribution in [2.24, 2.45) is 5.92 Å². The molecular formula is C19H19F2N3O3. The molecule has 1 N–H and O–H groups in total. The maximum Gasteiger partial charge on any atom is 0.306 e. The molecule has 2 aliphatic rings. The summed E-state index contributed by atoms with van der Waals surface area (Å²) in [6.07, 6.45) is 3.15. The van der Waals surface area contributed by atoms with Crippen molar-refractivity contribution in [2.45, 2.75) is 32.1 Å². The van der Waals surface area contributed by atoms with Crippen LogP contribution in [-0.2, 0) is 17.6 Å². The molecule has 142 valence electrons. The molecule has 0 spiro atoms. The molecule has 0 radical (unpaired) electrons. The van der Waals surface area contributed by atoms with Crippen LogP contribution in [0.15, 0.2) is 18.2 Å². The first kappa shape index (κ1) is 17.6. The minimum Gasteiger partial charge on any atom is -0.481 e. The van der Waals surface area contributed by atoms with E-state index in [2.05, 4.69) is 5.10 Å². The molecule has 27 heavy (non-hydrogen) atoms. The molecule has 0 bridgehead atoms. The van der Waals surface area contributed by atoms with Gasteiger partial charge in [-0.2, -0.15) is 5.10 Å². The van der Waals surface area contributed by atoms with Crippen molar-refractivity contribution in [1.82, 2.24) is 14.7 Å². The van der Waals surface area contributed by atoms with Crippen LogP contribution in [0.1, 0.15) is 41.0 Å². The quantitative estimate of drug-likeness (QED) is 0.895. The fourth-order valence-corrected chi connectivity index (χ4v) is 3.92. The van der Waals surface area contributed by atoms with Crippen LogP contribution in [0.5, 0.6) is 0 Å². The van der Waals surface area contributed by atoms with Crippen molar-refractivity contribution in [3.05, 3.63) is 46.8 Å². The second-order valence-corrected chi connectivity index (χ2v) is 7.04. The number of aliphatic carboxylic acids is 1. The predicted octanol–water partition coefficient (Wildman–Crippen LogP) is 2.58. The molecule has 2 heterocycles. The number of benzene rings is 1. The number of amides is 1. The van der Waals surface area contributed by atoms with Gasteiger partial charge in [-0.3, -0.25) is 9.59 Å². The number of carboxylic acid groups (broad SMARTS) is 1. The maximum atomic E-state index is 13.6. The summed E-state index contributed by atoms with van der Waals surface area (Å²) < 4.78 is 28.4. The van der Waals surface area contributed by atoms with Crippen LogP contribution in [0.2, 0.25) is 0 Å². The summed E-state index contributed by atoms with van der Waals surface area (Å²) in [5.41, 5.74) is 2.42. The molecule has 0 saturated carbocycles. The molecule has 0 unspecified atom stereocenters. The zero-order valence-corrected chi connectivity index (χ0v) is 14.6. The number of piperidine rings is 1. The van der Waals surface area contributed by atoms with Crippen LogP contribution in [0.25, 0.3) is 5.69 Å². The molecule has 0 atom stereocenters. The van der Waals surface area contributed by atoms with E-state index in [4.69, 9.17) is 5.11 Å². The lowest BCUT2D eigenvalue weighted by molar-refractivity contribution is -0.143. The Labute approximate surface area is 154 Å². The molecule has 6 nitrogen and oxygen atoms in total. The number of fused-ring (bicyclic) bond motifs is 1. The van der Waals surface area contributed by atoms with Crippen molar-refractivity contribution in [1.29, 1.82) is 0 Å². The highest BCUT2D eigenvalue weighted by atomic mass is 19.2. The number of carbonyl (C=O) groups is 2. The normalized spacial score (nSPS) is 17.2. The Balaban J connectivity index is 1.63. The fraction of sp³-hybridized carbons (Fsp3) is 0.421. The molecular weight excluding hydrogens is 356 g/mol. The zero-order chi connectivity index (χ0) is 19.1. The van der Waals surface area contributed by atoms with Crippen LogP contribution in [0.3, 0.4) is 0 Å². The highest BCUT2D eigenvalue weighted by molar-refractivity contribution is 5.94. The number of halogens is 2. The molecule has 1 aliphatic carbocycles. The minimum atomic E-state index is -0.960. The highest BCUT2D eigenvalue weighted by Crippen LogP contribution is 2.30. The van der Waals surface area contributed by atoms with E-state index in [9.17, 15) is 18.4 Å². The van der Waals surface area contributed by atoms with Gasteiger partial charge in [-0.25, -0.2) is 13.5 Å². The first-order chi connectivity index (χ1) is 13.0. The van der Waals surface area contributed by atoms with Crippen molar-refractivity contribution in [3.63, 3.8) is 0 Å². The van der Waals surface area contributed by atoms with Gasteiger partial charge in [0.1, 0.15) is 0 Å². The monoisotopic (exact) mass is 375 g/mol. The van der Waals surface area contributed by atoms with Gasteiger partial charge in [0.05, 0.1) is 11.6 Å². The van der Waals surface area contributed by atoms with Gasteiger partial charge >= 0.3 is 5.97 Å². The van der Waals surface area contributed by atoms with Crippen LogP contribution >= 0.6 is 0 Å². The topological polar surface area (TPSA) is 75.4 Å². The molecule has 1 fully saturated rings. The molecule has 1 aliphatic heterocycles. The summed E-state index contributed by atoms with van der Waals surface area (Å²) in [5, 5.41) is 13.5. The average Bonchev–Trinajstić information content (AvgIpc) is 3.26. The van der Waals surface area contributed by atoms with Crippen molar-refractivity contribution in [2.75, 3.05) is 13.1 Å². The summed E-state index contributed by atoms with van der Waals surface area (Å²) in [5.74, 6) is -3.36. The van der Waals surface area contributed by atoms with Gasteiger partial charge in [-0.05, 0) is 44.2 Å². The molecule has 8 heteroatoms. The van der Waals surface area contributed by atoms with E-state index in [0.717, 1.165) is 36.2 Å². The van der Waals surface area contributed by atoms with Gasteiger partial charge in [0.15, 0.2) is 17.3 Å². The van der Waals surface area contributed by atoms with Crippen molar-refractivity contribution in [3.8, 4) is 5.69 Å². The smallest absolute Gasteiger partial charge is 0.306 e. The van der Waals surface area contributed by atoms with E-state index >= 15 is 0 Å². The van der Waals surface area contributed by atoms with E-state index in [0.29, 0.717) is 43.7 Å². The van der Waals surface area contributed by atoms with E-state index in [-0.39, 0.29) is 5.91 Å². The summed E-state index contributed by atoms with van der Waals surface area (Å²) in [6.45, 7) is 0.755. The Morgan fingerprint density at radius 1 is 1.11 bits per heavy atom. The minimum absolute atomic E-state index is 0.224. The molecule has 1 aromatic heterocycles. The number of hydrogen-bond donors (Lipinski definition) is 1. The average molecular weight is 375 g/mol. The van der Waals surface area contributed by atoms with E-state index in [1.807, 2.05) is 0 Å². The first-order valence-corrected chi connectivity index (χ1v) is 9.04. The Morgan fingerprint density at radius 3 is 2.52 bits per heavy atom. The standard InChI is InChI=1S/C19H19F2N3O3/c20-14-5-4-12(10-15(14)21)24-16-3-1-2-13(16)17(22-24)18(25)23-8-6-11(7-9-23)19(26)27/h4-5,10-11H,1-3,6-9H2,(H,26,27). The molecule has 4 rings (SSSR count). The van der Waals surface area contributed by atoms with Crippen LogP contribution in [-0.4, -0.2) is 44.8 Å². The third kappa shape index (κ3) is 3.09. The van der Waals surface area contributed by atoms with Crippen LogP contribution in [0.4, 0.5) is 8.78 Å². The third-order valence-electron chi connectivity index (χ3n) is 5.41. The van der Waals surface area contributed by atoms with E-state index < -0.39 is 23.5 Å². The summed E-state index contributed by atoms with van der Waals surface area (Å²) in [4.78, 5) is 25.7. The first-order valence-electron chi connectivity index (χ1n) is 9.04. The maximum absolute atomic E-state index is 13.6. The third-order valence-corrected chi connectivity index (χ3v) is 5.41. The number of carboxylic acids is 1. The number of nitrogens with zero attached hydrogens (tertiary/aromatic N) is 3. The molecule has 1 saturated heterocycles. The highest BCUT2D eigenvalue weighted by Gasteiger charge is 2.32. The largest absolute Gasteiger partial charge is 0.481 e. The van der Waals surface area contributed by atoms with Crippen molar-refractivity contribution < 1.29 is 23.5 Å². The molecule has 1 aromatic carbocycles. The van der Waals surface area contributed by atoms with Gasteiger partial charge < -0.3 is 10.0 Å². The number of aromatic nitrogens is 2. The van der Waals surface area contributed by atoms with E-state index in [1.165, 1.54) is 10.7 Å². The SMILES string of the molecule is O=C(O)C1CCN(C(=O)c2nn(-c3ccc(F)c(F)c3)c3c2CCC3)CC1. The number of hydrogen-bond acceptors (Lipinski definition) is 3. The summed E-state index contributed by atoms with van der Waals surface area (Å²) >= 11 is 0. The Hall–Kier alpha value is -2.77. The lowest BCUT2D eigenvalue weighted by Crippen LogP contribution is -2.40. The lowest BCUT2D eigenvalue weighted by atomic mass is 9.97. The van der Waals surface area contributed by atoms with Crippen LogP contribution < -0.4 is 0 Å². The van der Waals surface area contributed by atoms with Crippen LogP contribution in [0, 0.1) is 17.6 Å².